The third-order valence-electron chi connectivity index (χ3n) is 34.2. The van der Waals surface area contributed by atoms with Gasteiger partial charge in [0, 0.05) is 47.3 Å². The lowest BCUT2D eigenvalue weighted by atomic mass is 9.51. The van der Waals surface area contributed by atoms with Gasteiger partial charge in [-0.25, -0.2) is 0 Å². The molecular weight excluding hydrogens is 1470 g/mol. The lowest BCUT2D eigenvalue weighted by molar-refractivity contribution is -0.151. The van der Waals surface area contributed by atoms with Crippen molar-refractivity contribution in [2.75, 3.05) is 20.3 Å². The fourth-order valence-electron chi connectivity index (χ4n) is 27.7. The predicted molar refractivity (Wildman–Crippen MR) is 440 cm³/mol. The van der Waals surface area contributed by atoms with E-state index >= 15 is 0 Å². The van der Waals surface area contributed by atoms with E-state index in [9.17, 15) is 57.5 Å². The highest BCUT2D eigenvalue weighted by Crippen LogP contribution is 2.76. The highest BCUT2D eigenvalue weighted by Gasteiger charge is 2.71. The Morgan fingerprint density at radius 3 is 0.889 bits per heavy atom. The van der Waals surface area contributed by atoms with E-state index in [1.807, 2.05) is 52.0 Å². The molecule has 16 nitrogen and oxygen atoms in total. The molecule has 4 unspecified atom stereocenters. The van der Waals surface area contributed by atoms with Crippen molar-refractivity contribution in [3.63, 3.8) is 0 Å². The van der Waals surface area contributed by atoms with Crippen molar-refractivity contribution in [1.29, 1.82) is 0 Å². The summed E-state index contributed by atoms with van der Waals surface area (Å²) in [6.07, 6.45) is 49.1. The normalized spacial score (nSPS) is 39.8. The summed E-state index contributed by atoms with van der Waals surface area (Å²) in [5.41, 5.74) is 14.1. The highest BCUT2D eigenvalue weighted by molar-refractivity contribution is 6.06. The van der Waals surface area contributed by atoms with E-state index in [2.05, 4.69) is 79.7 Å². The lowest BCUT2D eigenvalue weighted by Crippen LogP contribution is -2.46. The number of carbonyl (C=O) groups excluding carboxylic acids is 12. The molecule has 20 rings (SSSR count). The number of methoxy groups -OCH3 is 1. The maximum absolute atomic E-state index is 13.3. The first-order chi connectivity index (χ1) is 55.4. The van der Waals surface area contributed by atoms with Crippen LogP contribution in [0.4, 0.5) is 0 Å². The van der Waals surface area contributed by atoms with Gasteiger partial charge in [-0.2, -0.15) is 0 Å². The molecule has 20 aliphatic carbocycles. The van der Waals surface area contributed by atoms with Crippen LogP contribution in [0.25, 0.3) is 0 Å². The van der Waals surface area contributed by atoms with Gasteiger partial charge >= 0.3 is 23.9 Å². The molecule has 20 aliphatic rings. The molecule has 0 amide bonds. The maximum Gasteiger partial charge on any atom is 0.314 e. The van der Waals surface area contributed by atoms with Crippen molar-refractivity contribution in [2.24, 2.45) is 88.7 Å². The minimum atomic E-state index is -0.450. The number of hydrogen-bond donors (Lipinski definition) is 0. The molecule has 4 saturated carbocycles. The van der Waals surface area contributed by atoms with Crippen molar-refractivity contribution < 1.29 is 76.5 Å². The van der Waals surface area contributed by atoms with Crippen molar-refractivity contribution in [3.8, 4) is 0 Å². The number of ether oxygens (including phenoxy) is 4. The molecule has 16 heteroatoms. The first kappa shape index (κ1) is 80.5. The Kier molecular flexibility index (Phi) is 19.0. The molecule has 0 aromatic carbocycles. The van der Waals surface area contributed by atoms with Crippen LogP contribution in [0.1, 0.15) is 244 Å². The first-order valence-electron chi connectivity index (χ1n) is 43.7. The topological polar surface area (TPSA) is 242 Å². The van der Waals surface area contributed by atoms with Gasteiger partial charge in [0.25, 0.3) is 0 Å². The van der Waals surface area contributed by atoms with Gasteiger partial charge in [0.1, 0.15) is 23.1 Å². The zero-order valence-corrected chi connectivity index (χ0v) is 70.7. The van der Waals surface area contributed by atoms with E-state index in [0.29, 0.717) is 87.7 Å². The number of hydrogen-bond acceptors (Lipinski definition) is 16. The van der Waals surface area contributed by atoms with E-state index < -0.39 is 45.3 Å². The van der Waals surface area contributed by atoms with Crippen molar-refractivity contribution >= 4 is 70.1 Å². The van der Waals surface area contributed by atoms with Gasteiger partial charge in [-0.05, 0) is 298 Å². The van der Waals surface area contributed by atoms with Crippen LogP contribution < -0.4 is 0 Å². The maximum atomic E-state index is 13.3. The molecule has 0 saturated heterocycles. The largest absolute Gasteiger partial charge is 0.469 e. The Balaban J connectivity index is 0.000000112. The summed E-state index contributed by atoms with van der Waals surface area (Å²) in [6.45, 7) is 25.9. The Bertz CT molecular complexity index is 5210. The van der Waals surface area contributed by atoms with Crippen LogP contribution in [0, 0.1) is 88.7 Å². The molecule has 16 atom stereocenters. The summed E-state index contributed by atoms with van der Waals surface area (Å²) in [5.74, 6) is -1.38. The Labute approximate surface area is 687 Å². The fourth-order valence-corrected chi connectivity index (χ4v) is 27.7. The third kappa shape index (κ3) is 11.0. The number of Topliss-reactive ketones (excluding diaryl/α,β-unsaturated/α-hetero) is 4. The Hall–Kier alpha value is -8.92. The summed E-state index contributed by atoms with van der Waals surface area (Å²) >= 11 is 0. The van der Waals surface area contributed by atoms with Gasteiger partial charge in [-0.1, -0.05) is 128 Å². The summed E-state index contributed by atoms with van der Waals surface area (Å²) in [5, 5.41) is 0. The van der Waals surface area contributed by atoms with Crippen LogP contribution in [0.5, 0.6) is 0 Å². The molecule has 4 fully saturated rings. The van der Waals surface area contributed by atoms with Crippen molar-refractivity contribution in [2.45, 2.75) is 250 Å². The van der Waals surface area contributed by atoms with Gasteiger partial charge in [0.05, 0.1) is 71.8 Å². The minimum Gasteiger partial charge on any atom is -0.469 e. The number of rotatable bonds is 8. The molecule has 4 spiro atoms. The molecule has 0 aromatic rings. The molecule has 0 heterocycles. The van der Waals surface area contributed by atoms with Crippen molar-refractivity contribution in [1.82, 2.24) is 0 Å². The van der Waals surface area contributed by atoms with Gasteiger partial charge in [-0.15, -0.1) is 0 Å². The second-order valence-corrected chi connectivity index (χ2v) is 39.8. The van der Waals surface area contributed by atoms with E-state index in [1.165, 1.54) is 29.4 Å². The SMILES string of the molecule is CC(C)OC(=O)[C@@H]1CC2=CC(=O)C=CC2(C)C2=C1C1=CC[C@@]3(C)CCC(=O)[C@@]13CC2.CCCOC(=O)[C@@H]1CC2=CC(=O)C=CC2(C)C2=C1C1=CC[C@@]3(C)CCC(=O)[C@@]13CC2.CCOC(=O)[C@@H]1CC2=CC(=O)C=CC2(C)C2=C1C1=CC[C@@]3(C)CCC(=O)[C@@]13CC2.COC(=O)[C@@H]1CC2=CC(=O)C=CC2(C)C2=C1C1=CC[C@@]3(C)CCC(=O)[C@@]13CC2. The summed E-state index contributed by atoms with van der Waals surface area (Å²) in [6, 6.07) is 0. The van der Waals surface area contributed by atoms with Crippen LogP contribution in [0.2, 0.25) is 0 Å². The quantitative estimate of drug-likeness (QED) is 0.162. The smallest absolute Gasteiger partial charge is 0.314 e. The first-order valence-corrected chi connectivity index (χ1v) is 43.7. The molecule has 0 bridgehead atoms. The predicted octanol–water partition coefficient (Wildman–Crippen LogP) is 18.1. The van der Waals surface area contributed by atoms with E-state index in [0.717, 1.165) is 176 Å². The number of ketones is 8. The molecule has 0 aromatic heterocycles. The molecular formula is C101H114O16. The lowest BCUT2D eigenvalue weighted by Gasteiger charge is -2.51. The average molecular weight is 1580 g/mol. The van der Waals surface area contributed by atoms with Crippen LogP contribution >= 0.6 is 0 Å². The third-order valence-corrected chi connectivity index (χ3v) is 34.2. The summed E-state index contributed by atoms with van der Waals surface area (Å²) in [4.78, 5) is 154. The number of fused-ring (bicyclic) bond motifs is 12. The van der Waals surface area contributed by atoms with Crippen LogP contribution in [-0.4, -0.2) is 96.6 Å². The number of carbonyl (C=O) groups is 12. The van der Waals surface area contributed by atoms with Crippen LogP contribution in [0.3, 0.4) is 0 Å². The Morgan fingerprint density at radius 1 is 0.368 bits per heavy atom. The van der Waals surface area contributed by atoms with Gasteiger partial charge in [-0.3, -0.25) is 57.5 Å². The highest BCUT2D eigenvalue weighted by atomic mass is 16.5. The molecule has 117 heavy (non-hydrogen) atoms. The zero-order valence-electron chi connectivity index (χ0n) is 70.7. The summed E-state index contributed by atoms with van der Waals surface area (Å²) in [7, 11) is 1.42. The Morgan fingerprint density at radius 2 is 0.632 bits per heavy atom. The van der Waals surface area contributed by atoms with Gasteiger partial charge in [0.2, 0.25) is 0 Å². The van der Waals surface area contributed by atoms with Crippen molar-refractivity contribution in [3.05, 3.63) is 186 Å². The average Bonchev–Trinajstić information content (AvgIpc) is 1.56. The molecule has 614 valence electrons. The van der Waals surface area contributed by atoms with Crippen LogP contribution in [-0.2, 0) is 76.5 Å². The molecule has 0 N–H and O–H groups in total. The second-order valence-electron chi connectivity index (χ2n) is 39.8. The fraction of sp³-hybridized carbons (Fsp3) is 0.564. The van der Waals surface area contributed by atoms with Gasteiger partial charge < -0.3 is 18.9 Å². The zero-order chi connectivity index (χ0) is 83.3. The molecule has 0 radical (unpaired) electrons. The van der Waals surface area contributed by atoms with E-state index in [-0.39, 0.29) is 96.4 Å². The van der Waals surface area contributed by atoms with Crippen LogP contribution in [0.15, 0.2) is 186 Å². The monoisotopic (exact) mass is 1580 g/mol. The molecule has 0 aliphatic heterocycles. The minimum absolute atomic E-state index is 0.0156. The standard InChI is InChI=1S/2C26H30O4.C25H28O4.C24H26O4/c1-15(2)30-23(29)18-14-16-13-17(27)5-11-25(16,4)19-7-12-26-20(22(18)19)6-9-24(26,3)10-8-21(26)28;1-4-13-30-23(29)18-15-16-14-17(27)5-11-25(16,3)19-7-12-26-20(22(18)19)6-9-24(26,2)10-8-21(26)28;1-4-29-22(28)17-14-15-13-16(26)5-11-24(15,3)18-7-12-25-19(21(17)18)6-9-23(25,2)10-8-20(25)27;1-22-8-5-18-20-16(21(27)28-3)13-14-12-15(25)4-10-23(14,2)17(20)6-11-24(18,22)19(26)7-9-22/h5-6,11,13,15,18H,7-10,12,14H2,1-4H3;5-6,11,14,18H,4,7-10,12-13,15H2,1-3H3;5-6,11,13,17H,4,7-10,12,14H2,1-3H3;4-5,10,12,16H,6-9,11,13H2,1-3H3/t2*18-,24+,25?,26-;17-,23+,24?,25-;16-,22+,23?,24-/m1111/s1. The second kappa shape index (κ2) is 27.6. The van der Waals surface area contributed by atoms with E-state index in [1.54, 1.807) is 48.6 Å². The van der Waals surface area contributed by atoms with E-state index in [4.69, 9.17) is 18.9 Å². The van der Waals surface area contributed by atoms with Gasteiger partial charge in [0.15, 0.2) is 23.1 Å². The number of allylic oxidation sites excluding steroid dienone is 28. The summed E-state index contributed by atoms with van der Waals surface area (Å²) < 4.78 is 21.9. The number of esters is 4.